The highest BCUT2D eigenvalue weighted by Gasteiger charge is 2.38. The minimum atomic E-state index is -0.791. The Morgan fingerprint density at radius 3 is 2.54 bits per heavy atom. The molecule has 0 radical (unpaired) electrons. The standard InChI is InChI=1S/C20H24N2O6/c23-18(24)10-13-5-8-21(9-6-13)20(26)15-2-1-7-22(15)19(25)14-3-4-16-17(11-14)28-12-27-16/h3-4,11,13,15H,1-2,5-10,12H2,(H,23,24). The molecule has 8 heteroatoms. The Morgan fingerprint density at radius 2 is 1.79 bits per heavy atom. The van der Waals surface area contributed by atoms with Crippen molar-refractivity contribution in [3.8, 4) is 11.5 Å². The van der Waals surface area contributed by atoms with Gasteiger partial charge >= 0.3 is 5.97 Å². The lowest BCUT2D eigenvalue weighted by molar-refractivity contribution is -0.139. The predicted octanol–water partition coefficient (Wildman–Crippen LogP) is 1.73. The maximum absolute atomic E-state index is 13.0. The number of piperidine rings is 1. The SMILES string of the molecule is O=C(O)CC1CCN(C(=O)C2CCCN2C(=O)c2ccc3c(c2)OCO3)CC1. The highest BCUT2D eigenvalue weighted by Crippen LogP contribution is 2.34. The molecule has 2 fully saturated rings. The minimum absolute atomic E-state index is 0.0274. The van der Waals surface area contributed by atoms with Crippen LogP contribution in [0.25, 0.3) is 0 Å². The van der Waals surface area contributed by atoms with E-state index in [2.05, 4.69) is 0 Å². The molecule has 0 aromatic heterocycles. The Kier molecular flexibility index (Phi) is 5.11. The first kappa shape index (κ1) is 18.6. The number of hydrogen-bond donors (Lipinski definition) is 1. The molecule has 4 rings (SSSR count). The first-order chi connectivity index (χ1) is 13.5. The summed E-state index contributed by atoms with van der Waals surface area (Å²) in [6, 6.07) is 4.64. The van der Waals surface area contributed by atoms with Crippen LogP contribution in [-0.2, 0) is 9.59 Å². The van der Waals surface area contributed by atoms with E-state index in [9.17, 15) is 14.4 Å². The van der Waals surface area contributed by atoms with Crippen LogP contribution in [0.15, 0.2) is 18.2 Å². The second-order valence-corrected chi connectivity index (χ2v) is 7.59. The molecule has 150 valence electrons. The van der Waals surface area contributed by atoms with Gasteiger partial charge in [0.1, 0.15) is 6.04 Å². The van der Waals surface area contributed by atoms with Crippen LogP contribution in [0.5, 0.6) is 11.5 Å². The molecular formula is C20H24N2O6. The third-order valence-corrected chi connectivity index (χ3v) is 5.81. The minimum Gasteiger partial charge on any atom is -0.481 e. The van der Waals surface area contributed by atoms with E-state index >= 15 is 0 Å². The van der Waals surface area contributed by atoms with Gasteiger partial charge in [-0.3, -0.25) is 14.4 Å². The summed E-state index contributed by atoms with van der Waals surface area (Å²) < 4.78 is 10.6. The van der Waals surface area contributed by atoms with Crippen molar-refractivity contribution in [2.75, 3.05) is 26.4 Å². The van der Waals surface area contributed by atoms with Gasteiger partial charge in [0.25, 0.3) is 5.91 Å². The van der Waals surface area contributed by atoms with Gasteiger partial charge in [-0.05, 0) is 49.8 Å². The van der Waals surface area contributed by atoms with E-state index < -0.39 is 12.0 Å². The number of ether oxygens (including phenoxy) is 2. The van der Waals surface area contributed by atoms with Gasteiger partial charge in [-0.2, -0.15) is 0 Å². The van der Waals surface area contributed by atoms with Crippen molar-refractivity contribution in [3.05, 3.63) is 23.8 Å². The maximum atomic E-state index is 13.0. The molecule has 1 atom stereocenters. The first-order valence-corrected chi connectivity index (χ1v) is 9.74. The molecule has 1 N–H and O–H groups in total. The molecule has 1 unspecified atom stereocenters. The molecular weight excluding hydrogens is 364 g/mol. The lowest BCUT2D eigenvalue weighted by Crippen LogP contribution is -2.50. The zero-order valence-corrected chi connectivity index (χ0v) is 15.6. The number of carbonyl (C=O) groups is 3. The number of aliphatic carboxylic acids is 1. The third kappa shape index (κ3) is 3.63. The number of carbonyl (C=O) groups excluding carboxylic acids is 2. The highest BCUT2D eigenvalue weighted by molar-refractivity contribution is 5.98. The van der Waals surface area contributed by atoms with Crippen LogP contribution in [0.3, 0.4) is 0 Å². The van der Waals surface area contributed by atoms with Gasteiger partial charge in [-0.25, -0.2) is 0 Å². The zero-order chi connectivity index (χ0) is 19.7. The number of likely N-dealkylation sites (tertiary alicyclic amines) is 2. The Bertz CT molecular complexity index is 787. The average molecular weight is 388 g/mol. The molecule has 0 saturated carbocycles. The second kappa shape index (κ2) is 7.69. The molecule has 1 aromatic rings. The fourth-order valence-electron chi connectivity index (χ4n) is 4.28. The monoisotopic (exact) mass is 388 g/mol. The molecule has 2 saturated heterocycles. The van der Waals surface area contributed by atoms with Crippen molar-refractivity contribution in [2.45, 2.75) is 38.1 Å². The smallest absolute Gasteiger partial charge is 0.303 e. The van der Waals surface area contributed by atoms with E-state index in [1.807, 2.05) is 0 Å². The van der Waals surface area contributed by atoms with Gasteiger partial charge in [0.2, 0.25) is 12.7 Å². The van der Waals surface area contributed by atoms with Crippen LogP contribution in [0.4, 0.5) is 0 Å². The van der Waals surface area contributed by atoms with E-state index in [4.69, 9.17) is 14.6 Å². The summed E-state index contributed by atoms with van der Waals surface area (Å²) in [4.78, 5) is 40.4. The van der Waals surface area contributed by atoms with Gasteiger partial charge < -0.3 is 24.4 Å². The maximum Gasteiger partial charge on any atom is 0.303 e. The van der Waals surface area contributed by atoms with Crippen molar-refractivity contribution in [1.29, 1.82) is 0 Å². The largest absolute Gasteiger partial charge is 0.481 e. The molecule has 2 amide bonds. The number of fused-ring (bicyclic) bond motifs is 1. The van der Waals surface area contributed by atoms with Crippen LogP contribution in [-0.4, -0.2) is 65.2 Å². The number of amides is 2. The van der Waals surface area contributed by atoms with Crippen LogP contribution in [0, 0.1) is 5.92 Å². The zero-order valence-electron chi connectivity index (χ0n) is 15.6. The predicted molar refractivity (Wildman–Crippen MR) is 98.2 cm³/mol. The summed E-state index contributed by atoms with van der Waals surface area (Å²) in [5.41, 5.74) is 0.490. The summed E-state index contributed by atoms with van der Waals surface area (Å²) >= 11 is 0. The van der Waals surface area contributed by atoms with Gasteiger partial charge in [0, 0.05) is 31.6 Å². The Labute approximate surface area is 163 Å². The number of rotatable bonds is 4. The molecule has 0 aliphatic carbocycles. The number of benzene rings is 1. The fourth-order valence-corrected chi connectivity index (χ4v) is 4.28. The Morgan fingerprint density at radius 1 is 1.04 bits per heavy atom. The Hall–Kier alpha value is -2.77. The Balaban J connectivity index is 1.41. The van der Waals surface area contributed by atoms with Crippen molar-refractivity contribution in [2.24, 2.45) is 5.92 Å². The molecule has 28 heavy (non-hydrogen) atoms. The van der Waals surface area contributed by atoms with Crippen molar-refractivity contribution in [3.63, 3.8) is 0 Å². The number of carboxylic acids is 1. The van der Waals surface area contributed by atoms with Gasteiger partial charge in [0.05, 0.1) is 0 Å². The highest BCUT2D eigenvalue weighted by atomic mass is 16.7. The van der Waals surface area contributed by atoms with Crippen molar-refractivity contribution < 1.29 is 29.0 Å². The molecule has 0 spiro atoms. The molecule has 1 aromatic carbocycles. The molecule has 8 nitrogen and oxygen atoms in total. The first-order valence-electron chi connectivity index (χ1n) is 9.74. The number of hydrogen-bond acceptors (Lipinski definition) is 5. The lowest BCUT2D eigenvalue weighted by Gasteiger charge is -2.35. The lowest BCUT2D eigenvalue weighted by atomic mass is 9.93. The van der Waals surface area contributed by atoms with Gasteiger partial charge in [-0.1, -0.05) is 0 Å². The van der Waals surface area contributed by atoms with Crippen LogP contribution < -0.4 is 9.47 Å². The molecule has 3 aliphatic heterocycles. The van der Waals surface area contributed by atoms with Crippen LogP contribution >= 0.6 is 0 Å². The summed E-state index contributed by atoms with van der Waals surface area (Å²) in [6.45, 7) is 1.81. The van der Waals surface area contributed by atoms with E-state index in [1.54, 1.807) is 28.0 Å². The van der Waals surface area contributed by atoms with E-state index in [0.29, 0.717) is 56.0 Å². The van der Waals surface area contributed by atoms with Gasteiger partial charge in [0.15, 0.2) is 11.5 Å². The van der Waals surface area contributed by atoms with Crippen molar-refractivity contribution >= 4 is 17.8 Å². The van der Waals surface area contributed by atoms with E-state index in [1.165, 1.54) is 0 Å². The van der Waals surface area contributed by atoms with Crippen LogP contribution in [0.1, 0.15) is 42.5 Å². The topological polar surface area (TPSA) is 96.4 Å². The second-order valence-electron chi connectivity index (χ2n) is 7.59. The van der Waals surface area contributed by atoms with Crippen LogP contribution in [0.2, 0.25) is 0 Å². The molecule has 0 bridgehead atoms. The normalized spacial score (nSPS) is 21.8. The van der Waals surface area contributed by atoms with E-state index in [0.717, 1.165) is 6.42 Å². The number of carboxylic acid groups (broad SMARTS) is 1. The average Bonchev–Trinajstić information content (AvgIpc) is 3.35. The quantitative estimate of drug-likeness (QED) is 0.844. The number of nitrogens with zero attached hydrogens (tertiary/aromatic N) is 2. The summed E-state index contributed by atoms with van der Waals surface area (Å²) in [7, 11) is 0. The van der Waals surface area contributed by atoms with Gasteiger partial charge in [-0.15, -0.1) is 0 Å². The summed E-state index contributed by atoms with van der Waals surface area (Å²) in [5, 5.41) is 8.93. The fraction of sp³-hybridized carbons (Fsp3) is 0.550. The third-order valence-electron chi connectivity index (χ3n) is 5.81. The molecule has 3 heterocycles. The van der Waals surface area contributed by atoms with Crippen molar-refractivity contribution in [1.82, 2.24) is 9.80 Å². The summed E-state index contributed by atoms with van der Waals surface area (Å²) in [5.74, 6) is 0.302. The molecule has 3 aliphatic rings. The summed E-state index contributed by atoms with van der Waals surface area (Å²) in [6.07, 6.45) is 2.99. The van der Waals surface area contributed by atoms with E-state index in [-0.39, 0.29) is 30.9 Å².